The lowest BCUT2D eigenvalue weighted by Crippen LogP contribution is -2.37. The maximum Gasteiger partial charge on any atom is 0.0952 e. The summed E-state index contributed by atoms with van der Waals surface area (Å²) >= 11 is 6.36. The van der Waals surface area contributed by atoms with E-state index < -0.39 is 0 Å². The summed E-state index contributed by atoms with van der Waals surface area (Å²) in [6, 6.07) is 27.2. The predicted molar refractivity (Wildman–Crippen MR) is 107 cm³/mol. The molecule has 0 radical (unpaired) electrons. The topological polar surface area (TPSA) is 12.5 Å². The average Bonchev–Trinajstić information content (AvgIpc) is 2.69. The maximum absolute atomic E-state index is 6.36. The number of hydrogen-bond acceptors (Lipinski definition) is 2. The predicted octanol–water partition coefficient (Wildman–Crippen LogP) is 5.58. The van der Waals surface area contributed by atoms with E-state index in [1.807, 2.05) is 24.3 Å². The van der Waals surface area contributed by atoms with Crippen LogP contribution in [0.2, 0.25) is 5.02 Å². The summed E-state index contributed by atoms with van der Waals surface area (Å²) < 4.78 is 5.98. The van der Waals surface area contributed by atoms with Crippen molar-refractivity contribution in [2.45, 2.75) is 12.6 Å². The zero-order valence-electron chi connectivity index (χ0n) is 14.6. The number of rotatable bonds is 4. The SMILES string of the molecule is Clc1ccccc1-c1cccc(CN2CCOC(c3ccccc3)C2)c1. The van der Waals surface area contributed by atoms with Gasteiger partial charge in [0.05, 0.1) is 12.7 Å². The highest BCUT2D eigenvalue weighted by Crippen LogP contribution is 2.29. The second-order valence-corrected chi connectivity index (χ2v) is 7.09. The van der Waals surface area contributed by atoms with Crippen molar-refractivity contribution in [1.29, 1.82) is 0 Å². The Hall–Kier alpha value is -2.13. The summed E-state index contributed by atoms with van der Waals surface area (Å²) in [5.74, 6) is 0. The minimum absolute atomic E-state index is 0.150. The molecule has 3 aromatic rings. The standard InChI is InChI=1S/C23H22ClNO/c24-22-12-5-4-11-21(22)20-10-6-7-18(15-20)16-25-13-14-26-23(17-25)19-8-2-1-3-9-19/h1-12,15,23H,13-14,16-17H2. The van der Waals surface area contributed by atoms with Crippen LogP contribution in [0.4, 0.5) is 0 Å². The molecule has 3 aromatic carbocycles. The Morgan fingerprint density at radius 3 is 2.58 bits per heavy atom. The molecule has 1 heterocycles. The van der Waals surface area contributed by atoms with Crippen molar-refractivity contribution in [1.82, 2.24) is 4.90 Å². The summed E-state index contributed by atoms with van der Waals surface area (Å²) in [7, 11) is 0. The van der Waals surface area contributed by atoms with E-state index >= 15 is 0 Å². The van der Waals surface area contributed by atoms with Crippen molar-refractivity contribution in [3.63, 3.8) is 0 Å². The van der Waals surface area contributed by atoms with Gasteiger partial charge in [0.2, 0.25) is 0 Å². The van der Waals surface area contributed by atoms with Gasteiger partial charge in [0, 0.05) is 30.2 Å². The first-order chi connectivity index (χ1) is 12.8. The van der Waals surface area contributed by atoms with E-state index in [0.29, 0.717) is 0 Å². The van der Waals surface area contributed by atoms with Crippen LogP contribution >= 0.6 is 11.6 Å². The van der Waals surface area contributed by atoms with Gasteiger partial charge in [-0.2, -0.15) is 0 Å². The molecule has 0 spiro atoms. The van der Waals surface area contributed by atoms with Gasteiger partial charge in [-0.15, -0.1) is 0 Å². The first-order valence-electron chi connectivity index (χ1n) is 9.02. The molecule has 4 rings (SSSR count). The first-order valence-corrected chi connectivity index (χ1v) is 9.40. The van der Waals surface area contributed by atoms with E-state index in [9.17, 15) is 0 Å². The van der Waals surface area contributed by atoms with Crippen molar-refractivity contribution in [2.75, 3.05) is 19.7 Å². The number of nitrogens with zero attached hydrogens (tertiary/aromatic N) is 1. The normalized spacial score (nSPS) is 18.0. The fraction of sp³-hybridized carbons (Fsp3) is 0.217. The molecular weight excluding hydrogens is 342 g/mol. The third kappa shape index (κ3) is 3.99. The van der Waals surface area contributed by atoms with Crippen LogP contribution in [0.1, 0.15) is 17.2 Å². The zero-order chi connectivity index (χ0) is 17.8. The van der Waals surface area contributed by atoms with Gasteiger partial charge in [0.15, 0.2) is 0 Å². The molecule has 1 unspecified atom stereocenters. The molecule has 0 bridgehead atoms. The third-order valence-corrected chi connectivity index (χ3v) is 5.17. The Kier molecular flexibility index (Phi) is 5.35. The van der Waals surface area contributed by atoms with Gasteiger partial charge >= 0.3 is 0 Å². The Morgan fingerprint density at radius 1 is 0.923 bits per heavy atom. The second-order valence-electron chi connectivity index (χ2n) is 6.69. The lowest BCUT2D eigenvalue weighted by Gasteiger charge is -2.33. The molecule has 1 aliphatic heterocycles. The van der Waals surface area contributed by atoms with E-state index in [-0.39, 0.29) is 6.10 Å². The number of morpholine rings is 1. The highest BCUT2D eigenvalue weighted by Gasteiger charge is 2.21. The summed E-state index contributed by atoms with van der Waals surface area (Å²) in [6.45, 7) is 3.56. The molecule has 1 saturated heterocycles. The lowest BCUT2D eigenvalue weighted by molar-refractivity contribution is -0.0329. The van der Waals surface area contributed by atoms with E-state index in [1.165, 1.54) is 16.7 Å². The lowest BCUT2D eigenvalue weighted by atomic mass is 10.0. The van der Waals surface area contributed by atoms with Crippen LogP contribution in [0.25, 0.3) is 11.1 Å². The van der Waals surface area contributed by atoms with Gasteiger partial charge in [-0.1, -0.05) is 78.3 Å². The number of hydrogen-bond donors (Lipinski definition) is 0. The van der Waals surface area contributed by atoms with E-state index in [4.69, 9.17) is 16.3 Å². The maximum atomic E-state index is 6.36. The Bertz CT molecular complexity index is 865. The smallest absolute Gasteiger partial charge is 0.0952 e. The minimum Gasteiger partial charge on any atom is -0.371 e. The molecule has 0 aromatic heterocycles. The Morgan fingerprint density at radius 2 is 1.73 bits per heavy atom. The monoisotopic (exact) mass is 363 g/mol. The Labute approximate surface area is 160 Å². The molecule has 3 heteroatoms. The van der Waals surface area contributed by atoms with Crippen molar-refractivity contribution in [3.8, 4) is 11.1 Å². The zero-order valence-corrected chi connectivity index (χ0v) is 15.4. The van der Waals surface area contributed by atoms with Crippen molar-refractivity contribution in [2.24, 2.45) is 0 Å². The molecule has 132 valence electrons. The highest BCUT2D eigenvalue weighted by atomic mass is 35.5. The quantitative estimate of drug-likeness (QED) is 0.600. The van der Waals surface area contributed by atoms with Crippen LogP contribution in [0, 0.1) is 0 Å². The molecule has 1 atom stereocenters. The third-order valence-electron chi connectivity index (χ3n) is 4.84. The van der Waals surface area contributed by atoms with E-state index in [1.54, 1.807) is 0 Å². The van der Waals surface area contributed by atoms with Crippen LogP contribution in [-0.2, 0) is 11.3 Å². The van der Waals surface area contributed by atoms with Gasteiger partial charge in [0.25, 0.3) is 0 Å². The second kappa shape index (κ2) is 8.05. The molecule has 1 fully saturated rings. The summed E-state index contributed by atoms with van der Waals surface area (Å²) in [6.07, 6.45) is 0.150. The van der Waals surface area contributed by atoms with E-state index in [2.05, 4.69) is 59.5 Å². The largest absolute Gasteiger partial charge is 0.371 e. The van der Waals surface area contributed by atoms with Crippen molar-refractivity contribution >= 4 is 11.6 Å². The van der Waals surface area contributed by atoms with Gasteiger partial charge in [0.1, 0.15) is 0 Å². The molecule has 0 saturated carbocycles. The first kappa shape index (κ1) is 17.3. The molecule has 0 N–H and O–H groups in total. The minimum atomic E-state index is 0.150. The molecule has 1 aliphatic rings. The summed E-state index contributed by atoms with van der Waals surface area (Å²) in [5.41, 5.74) is 4.80. The van der Waals surface area contributed by atoms with Crippen molar-refractivity contribution < 1.29 is 4.74 Å². The van der Waals surface area contributed by atoms with Crippen LogP contribution < -0.4 is 0 Å². The van der Waals surface area contributed by atoms with Crippen LogP contribution in [0.5, 0.6) is 0 Å². The molecule has 26 heavy (non-hydrogen) atoms. The fourth-order valence-electron chi connectivity index (χ4n) is 3.51. The molecule has 0 aliphatic carbocycles. The highest BCUT2D eigenvalue weighted by molar-refractivity contribution is 6.33. The van der Waals surface area contributed by atoms with Gasteiger partial charge < -0.3 is 4.74 Å². The number of benzene rings is 3. The molecular formula is C23H22ClNO. The Balaban J connectivity index is 1.49. The number of halogens is 1. The van der Waals surface area contributed by atoms with E-state index in [0.717, 1.165) is 36.8 Å². The van der Waals surface area contributed by atoms with Crippen LogP contribution in [-0.4, -0.2) is 24.6 Å². The summed E-state index contributed by atoms with van der Waals surface area (Å²) in [4.78, 5) is 2.47. The average molecular weight is 364 g/mol. The summed E-state index contributed by atoms with van der Waals surface area (Å²) in [5, 5.41) is 0.792. The molecule has 0 amide bonds. The molecule has 2 nitrogen and oxygen atoms in total. The fourth-order valence-corrected chi connectivity index (χ4v) is 3.75. The van der Waals surface area contributed by atoms with Gasteiger partial charge in [-0.05, 0) is 28.8 Å². The van der Waals surface area contributed by atoms with Crippen molar-refractivity contribution in [3.05, 3.63) is 95.0 Å². The van der Waals surface area contributed by atoms with Gasteiger partial charge in [-0.25, -0.2) is 0 Å². The van der Waals surface area contributed by atoms with Crippen LogP contribution in [0.3, 0.4) is 0 Å². The van der Waals surface area contributed by atoms with Crippen LogP contribution in [0.15, 0.2) is 78.9 Å². The van der Waals surface area contributed by atoms with Gasteiger partial charge in [-0.3, -0.25) is 4.90 Å². The number of ether oxygens (including phenoxy) is 1.